The SMILES string of the molecule is COc1cc(OC)c(CC#N)c(OC)c1. The van der Waals surface area contributed by atoms with Crippen molar-refractivity contribution in [3.05, 3.63) is 17.7 Å². The number of benzene rings is 1. The van der Waals surface area contributed by atoms with Crippen LogP contribution < -0.4 is 14.2 Å². The van der Waals surface area contributed by atoms with E-state index in [9.17, 15) is 0 Å². The van der Waals surface area contributed by atoms with Gasteiger partial charge in [0.1, 0.15) is 17.2 Å². The summed E-state index contributed by atoms with van der Waals surface area (Å²) in [5, 5.41) is 8.69. The highest BCUT2D eigenvalue weighted by atomic mass is 16.5. The lowest BCUT2D eigenvalue weighted by atomic mass is 10.1. The van der Waals surface area contributed by atoms with Gasteiger partial charge in [-0.05, 0) is 0 Å². The third-order valence-electron chi connectivity index (χ3n) is 2.07. The van der Waals surface area contributed by atoms with Crippen molar-refractivity contribution in [2.24, 2.45) is 0 Å². The summed E-state index contributed by atoms with van der Waals surface area (Å²) in [7, 11) is 4.67. The zero-order valence-corrected chi connectivity index (χ0v) is 9.03. The van der Waals surface area contributed by atoms with Gasteiger partial charge in [-0.2, -0.15) is 5.26 Å². The van der Waals surface area contributed by atoms with Gasteiger partial charge in [0.05, 0.1) is 39.4 Å². The number of ether oxygens (including phenoxy) is 3. The number of methoxy groups -OCH3 is 3. The van der Waals surface area contributed by atoms with Crippen molar-refractivity contribution in [2.75, 3.05) is 21.3 Å². The van der Waals surface area contributed by atoms with Gasteiger partial charge < -0.3 is 14.2 Å². The molecule has 0 amide bonds. The van der Waals surface area contributed by atoms with E-state index >= 15 is 0 Å². The first kappa shape index (κ1) is 11.2. The first-order valence-electron chi connectivity index (χ1n) is 4.42. The largest absolute Gasteiger partial charge is 0.496 e. The van der Waals surface area contributed by atoms with Crippen molar-refractivity contribution in [3.63, 3.8) is 0 Å². The molecule has 0 aliphatic rings. The zero-order valence-electron chi connectivity index (χ0n) is 9.03. The quantitative estimate of drug-likeness (QED) is 0.755. The minimum atomic E-state index is 0.246. The van der Waals surface area contributed by atoms with Crippen LogP contribution in [0.3, 0.4) is 0 Å². The Morgan fingerprint density at radius 1 is 1.07 bits per heavy atom. The first-order chi connectivity index (χ1) is 7.26. The second kappa shape index (κ2) is 5.11. The summed E-state index contributed by atoms with van der Waals surface area (Å²) in [5.74, 6) is 1.85. The lowest BCUT2D eigenvalue weighted by Crippen LogP contribution is -1.97. The third-order valence-corrected chi connectivity index (χ3v) is 2.07. The van der Waals surface area contributed by atoms with Crippen LogP contribution in [0, 0.1) is 11.3 Å². The van der Waals surface area contributed by atoms with Gasteiger partial charge in [-0.25, -0.2) is 0 Å². The van der Waals surface area contributed by atoms with Crippen molar-refractivity contribution in [1.29, 1.82) is 5.26 Å². The summed E-state index contributed by atoms with van der Waals surface area (Å²) in [6.45, 7) is 0. The Labute approximate surface area is 89.0 Å². The summed E-state index contributed by atoms with van der Waals surface area (Å²) >= 11 is 0. The molecule has 1 aromatic rings. The molecule has 0 fully saturated rings. The fourth-order valence-corrected chi connectivity index (χ4v) is 1.33. The average Bonchev–Trinajstić information content (AvgIpc) is 2.29. The number of nitrogens with zero attached hydrogens (tertiary/aromatic N) is 1. The molecular weight excluding hydrogens is 194 g/mol. The molecule has 0 aliphatic carbocycles. The van der Waals surface area contributed by atoms with Crippen LogP contribution in [0.2, 0.25) is 0 Å². The molecule has 4 heteroatoms. The predicted molar refractivity (Wildman–Crippen MR) is 55.4 cm³/mol. The van der Waals surface area contributed by atoms with Crippen molar-refractivity contribution in [1.82, 2.24) is 0 Å². The van der Waals surface area contributed by atoms with E-state index in [2.05, 4.69) is 6.07 Å². The smallest absolute Gasteiger partial charge is 0.130 e. The molecule has 0 radical (unpaired) electrons. The second-order valence-electron chi connectivity index (χ2n) is 2.85. The normalized spacial score (nSPS) is 9.20. The minimum absolute atomic E-state index is 0.246. The second-order valence-corrected chi connectivity index (χ2v) is 2.85. The Bertz CT molecular complexity index is 357. The molecule has 0 aromatic heterocycles. The molecule has 15 heavy (non-hydrogen) atoms. The molecule has 1 aromatic carbocycles. The van der Waals surface area contributed by atoms with Gasteiger partial charge in [0.2, 0.25) is 0 Å². The summed E-state index contributed by atoms with van der Waals surface area (Å²) < 4.78 is 15.4. The third kappa shape index (κ3) is 2.32. The highest BCUT2D eigenvalue weighted by molar-refractivity contribution is 5.51. The molecule has 0 N–H and O–H groups in total. The summed E-state index contributed by atoms with van der Waals surface area (Å²) in [4.78, 5) is 0. The van der Waals surface area contributed by atoms with Crippen LogP contribution in [0.5, 0.6) is 17.2 Å². The number of rotatable bonds is 4. The van der Waals surface area contributed by atoms with Crippen LogP contribution in [0.25, 0.3) is 0 Å². The van der Waals surface area contributed by atoms with Crippen molar-refractivity contribution < 1.29 is 14.2 Å². The Morgan fingerprint density at radius 3 is 1.93 bits per heavy atom. The van der Waals surface area contributed by atoms with E-state index < -0.39 is 0 Å². The fourth-order valence-electron chi connectivity index (χ4n) is 1.33. The lowest BCUT2D eigenvalue weighted by molar-refractivity contribution is 0.370. The molecule has 0 atom stereocenters. The molecule has 4 nitrogen and oxygen atoms in total. The standard InChI is InChI=1S/C11H13NO3/c1-13-8-6-10(14-2)9(4-5-12)11(7-8)15-3/h6-7H,4H2,1-3H3. The van der Waals surface area contributed by atoms with Crippen molar-refractivity contribution in [2.45, 2.75) is 6.42 Å². The zero-order chi connectivity index (χ0) is 11.3. The molecule has 0 unspecified atom stereocenters. The highest BCUT2D eigenvalue weighted by Crippen LogP contribution is 2.34. The Morgan fingerprint density at radius 2 is 1.60 bits per heavy atom. The maximum Gasteiger partial charge on any atom is 0.130 e. The van der Waals surface area contributed by atoms with Gasteiger partial charge in [-0.1, -0.05) is 0 Å². The molecule has 0 bridgehead atoms. The van der Waals surface area contributed by atoms with E-state index in [4.69, 9.17) is 19.5 Å². The first-order valence-corrected chi connectivity index (χ1v) is 4.42. The predicted octanol–water partition coefficient (Wildman–Crippen LogP) is 1.78. The van der Waals surface area contributed by atoms with Crippen molar-refractivity contribution in [3.8, 4) is 23.3 Å². The van der Waals surface area contributed by atoms with Gasteiger partial charge in [0, 0.05) is 12.1 Å². The van der Waals surface area contributed by atoms with Gasteiger partial charge in [-0.15, -0.1) is 0 Å². The molecule has 0 saturated heterocycles. The van der Waals surface area contributed by atoms with Crippen molar-refractivity contribution >= 4 is 0 Å². The Hall–Kier alpha value is -1.89. The fraction of sp³-hybridized carbons (Fsp3) is 0.364. The number of nitriles is 1. The molecule has 1 rings (SSSR count). The monoisotopic (exact) mass is 207 g/mol. The highest BCUT2D eigenvalue weighted by Gasteiger charge is 2.12. The molecule has 0 heterocycles. The van der Waals surface area contributed by atoms with E-state index in [0.29, 0.717) is 17.2 Å². The van der Waals surface area contributed by atoms with E-state index in [1.807, 2.05) is 0 Å². The minimum Gasteiger partial charge on any atom is -0.496 e. The van der Waals surface area contributed by atoms with Gasteiger partial charge in [0.25, 0.3) is 0 Å². The number of hydrogen-bond donors (Lipinski definition) is 0. The van der Waals surface area contributed by atoms with Crippen LogP contribution in [0.1, 0.15) is 5.56 Å². The van der Waals surface area contributed by atoms with Gasteiger partial charge in [-0.3, -0.25) is 0 Å². The van der Waals surface area contributed by atoms with Crippen LogP contribution >= 0.6 is 0 Å². The van der Waals surface area contributed by atoms with E-state index in [-0.39, 0.29) is 6.42 Å². The van der Waals surface area contributed by atoms with E-state index in [1.54, 1.807) is 33.5 Å². The molecule has 0 saturated carbocycles. The van der Waals surface area contributed by atoms with E-state index in [0.717, 1.165) is 5.56 Å². The Kier molecular flexibility index (Phi) is 3.81. The topological polar surface area (TPSA) is 51.5 Å². The average molecular weight is 207 g/mol. The van der Waals surface area contributed by atoms with Crippen LogP contribution in [0.15, 0.2) is 12.1 Å². The van der Waals surface area contributed by atoms with Crippen LogP contribution in [-0.4, -0.2) is 21.3 Å². The van der Waals surface area contributed by atoms with E-state index in [1.165, 1.54) is 0 Å². The maximum absolute atomic E-state index is 8.69. The van der Waals surface area contributed by atoms with Crippen LogP contribution in [0.4, 0.5) is 0 Å². The maximum atomic E-state index is 8.69. The number of hydrogen-bond acceptors (Lipinski definition) is 4. The Balaban J connectivity index is 3.27. The summed E-state index contributed by atoms with van der Waals surface area (Å²) in [5.41, 5.74) is 0.739. The molecule has 0 aliphatic heterocycles. The summed E-state index contributed by atoms with van der Waals surface area (Å²) in [6, 6.07) is 5.53. The molecule has 80 valence electrons. The van der Waals surface area contributed by atoms with Gasteiger partial charge in [0.15, 0.2) is 0 Å². The summed E-state index contributed by atoms with van der Waals surface area (Å²) in [6.07, 6.45) is 0.246. The molecule has 0 spiro atoms. The molecular formula is C11H13NO3. The van der Waals surface area contributed by atoms with Crippen LogP contribution in [-0.2, 0) is 6.42 Å². The lowest BCUT2D eigenvalue weighted by Gasteiger charge is -2.12. The van der Waals surface area contributed by atoms with Gasteiger partial charge >= 0.3 is 0 Å².